The Kier molecular flexibility index (Phi) is 4.43. The molecule has 4 heteroatoms. The molecule has 1 unspecified atom stereocenters. The summed E-state index contributed by atoms with van der Waals surface area (Å²) in [6, 6.07) is 3.25. The Morgan fingerprint density at radius 2 is 2.22 bits per heavy atom. The van der Waals surface area contributed by atoms with Crippen molar-refractivity contribution >= 4 is 0 Å². The van der Waals surface area contributed by atoms with Crippen LogP contribution in [0.1, 0.15) is 6.42 Å². The van der Waals surface area contributed by atoms with E-state index in [1.165, 1.54) is 6.07 Å². The standard InChI is InChI=1S/C5H6N2O2/c6-2-1-3-9-5(8)4-7/h5,8H,1,3H2. The summed E-state index contributed by atoms with van der Waals surface area (Å²) in [5, 5.41) is 24.3. The Hall–Kier alpha value is -1.10. The fraction of sp³-hybridized carbons (Fsp3) is 0.600. The van der Waals surface area contributed by atoms with Crippen LogP contribution in [0.3, 0.4) is 0 Å². The van der Waals surface area contributed by atoms with Gasteiger partial charge in [0.15, 0.2) is 0 Å². The molecule has 0 saturated carbocycles. The van der Waals surface area contributed by atoms with E-state index in [4.69, 9.17) is 15.6 Å². The maximum absolute atomic E-state index is 8.39. The maximum Gasteiger partial charge on any atom is 0.245 e. The van der Waals surface area contributed by atoms with Gasteiger partial charge >= 0.3 is 0 Å². The molecule has 0 bridgehead atoms. The van der Waals surface area contributed by atoms with Crippen molar-refractivity contribution in [1.29, 1.82) is 10.5 Å². The van der Waals surface area contributed by atoms with Gasteiger partial charge in [-0.2, -0.15) is 10.5 Å². The normalized spacial score (nSPS) is 11.4. The van der Waals surface area contributed by atoms with Gasteiger partial charge in [0.05, 0.1) is 19.1 Å². The van der Waals surface area contributed by atoms with Gasteiger partial charge in [0.1, 0.15) is 6.07 Å². The molecule has 9 heavy (non-hydrogen) atoms. The second-order valence-corrected chi connectivity index (χ2v) is 1.26. The summed E-state index contributed by atoms with van der Waals surface area (Å²) in [7, 11) is 0. The summed E-state index contributed by atoms with van der Waals surface area (Å²) in [4.78, 5) is 0. The van der Waals surface area contributed by atoms with E-state index in [2.05, 4.69) is 4.74 Å². The average molecular weight is 126 g/mol. The Bertz CT molecular complexity index is 144. The van der Waals surface area contributed by atoms with Gasteiger partial charge in [-0.25, -0.2) is 0 Å². The van der Waals surface area contributed by atoms with Gasteiger partial charge in [-0.1, -0.05) is 0 Å². The molecule has 0 radical (unpaired) electrons. The number of nitrogens with zero attached hydrogens (tertiary/aromatic N) is 2. The first-order chi connectivity index (χ1) is 4.31. The third-order valence-electron chi connectivity index (χ3n) is 0.600. The SMILES string of the molecule is N#CCCOC(O)C#N. The first-order valence-corrected chi connectivity index (χ1v) is 2.37. The molecule has 0 heterocycles. The first kappa shape index (κ1) is 7.90. The van der Waals surface area contributed by atoms with Crippen LogP contribution >= 0.6 is 0 Å². The Balaban J connectivity index is 3.12. The molecule has 0 aromatic heterocycles. The highest BCUT2D eigenvalue weighted by atomic mass is 16.6. The topological polar surface area (TPSA) is 77.0 Å². The van der Waals surface area contributed by atoms with Crippen LogP contribution in [-0.2, 0) is 4.74 Å². The number of aliphatic hydroxyl groups is 1. The summed E-state index contributed by atoms with van der Waals surface area (Å²) < 4.78 is 4.40. The van der Waals surface area contributed by atoms with E-state index in [1.54, 1.807) is 6.07 Å². The van der Waals surface area contributed by atoms with Crippen molar-refractivity contribution in [2.45, 2.75) is 12.7 Å². The van der Waals surface area contributed by atoms with Gasteiger partial charge in [-0.05, 0) is 0 Å². The molecule has 0 amide bonds. The van der Waals surface area contributed by atoms with Gasteiger partial charge < -0.3 is 9.84 Å². The Morgan fingerprint density at radius 1 is 1.56 bits per heavy atom. The molecule has 1 N–H and O–H groups in total. The Labute approximate surface area is 52.9 Å². The van der Waals surface area contributed by atoms with Crippen LogP contribution in [0.5, 0.6) is 0 Å². The number of aliphatic hydroxyl groups excluding tert-OH is 1. The quantitative estimate of drug-likeness (QED) is 0.321. The number of ether oxygens (including phenoxy) is 1. The van der Waals surface area contributed by atoms with Crippen molar-refractivity contribution in [1.82, 2.24) is 0 Å². The lowest BCUT2D eigenvalue weighted by molar-refractivity contribution is -0.0562. The number of rotatable bonds is 3. The second-order valence-electron chi connectivity index (χ2n) is 1.26. The smallest absolute Gasteiger partial charge is 0.245 e. The molecule has 0 fully saturated rings. The zero-order valence-electron chi connectivity index (χ0n) is 4.74. The summed E-state index contributed by atoms with van der Waals surface area (Å²) in [5.41, 5.74) is 0. The van der Waals surface area contributed by atoms with Crippen molar-refractivity contribution in [2.24, 2.45) is 0 Å². The maximum atomic E-state index is 8.39. The van der Waals surface area contributed by atoms with E-state index in [0.29, 0.717) is 0 Å². The highest BCUT2D eigenvalue weighted by Crippen LogP contribution is 1.85. The predicted octanol–water partition coefficient (Wildman–Crippen LogP) is -0.241. The van der Waals surface area contributed by atoms with E-state index < -0.39 is 6.29 Å². The van der Waals surface area contributed by atoms with Crippen LogP contribution in [0.15, 0.2) is 0 Å². The summed E-state index contributed by atoms with van der Waals surface area (Å²) >= 11 is 0. The summed E-state index contributed by atoms with van der Waals surface area (Å²) in [6.07, 6.45) is -1.20. The molecule has 0 aromatic rings. The number of hydrogen-bond acceptors (Lipinski definition) is 4. The minimum Gasteiger partial charge on any atom is -0.356 e. The van der Waals surface area contributed by atoms with Crippen LogP contribution < -0.4 is 0 Å². The monoisotopic (exact) mass is 126 g/mol. The predicted molar refractivity (Wildman–Crippen MR) is 27.8 cm³/mol. The summed E-state index contributed by atoms with van der Waals surface area (Å²) in [6.45, 7) is 0.102. The largest absolute Gasteiger partial charge is 0.356 e. The number of hydrogen-bond donors (Lipinski definition) is 1. The highest BCUT2D eigenvalue weighted by Gasteiger charge is 1.97. The second kappa shape index (κ2) is 5.04. The third-order valence-corrected chi connectivity index (χ3v) is 0.600. The van der Waals surface area contributed by atoms with E-state index in [1.807, 2.05) is 0 Å². The third kappa shape index (κ3) is 4.76. The molecule has 0 rings (SSSR count). The molecule has 4 nitrogen and oxygen atoms in total. The van der Waals surface area contributed by atoms with Crippen molar-refractivity contribution in [3.8, 4) is 12.1 Å². The van der Waals surface area contributed by atoms with E-state index in [9.17, 15) is 0 Å². The molecular formula is C5H6N2O2. The molecular weight excluding hydrogens is 120 g/mol. The fourth-order valence-electron chi connectivity index (χ4n) is 0.253. The van der Waals surface area contributed by atoms with Crippen molar-refractivity contribution in [3.05, 3.63) is 0 Å². The minimum absolute atomic E-state index is 0.102. The molecule has 0 aromatic carbocycles. The minimum atomic E-state index is -1.39. The zero-order chi connectivity index (χ0) is 7.11. The van der Waals surface area contributed by atoms with Crippen LogP contribution in [-0.4, -0.2) is 18.0 Å². The number of nitriles is 2. The lowest BCUT2D eigenvalue weighted by Crippen LogP contribution is -2.08. The lowest BCUT2D eigenvalue weighted by atomic mass is 10.5. The van der Waals surface area contributed by atoms with Crippen LogP contribution in [0.2, 0.25) is 0 Å². The average Bonchev–Trinajstić information content (AvgIpc) is 1.89. The fourth-order valence-corrected chi connectivity index (χ4v) is 0.253. The molecule has 0 saturated heterocycles. The summed E-state index contributed by atoms with van der Waals surface area (Å²) in [5.74, 6) is 0. The van der Waals surface area contributed by atoms with Crippen LogP contribution in [0.25, 0.3) is 0 Å². The van der Waals surface area contributed by atoms with Gasteiger partial charge in [0.25, 0.3) is 0 Å². The van der Waals surface area contributed by atoms with Crippen LogP contribution in [0, 0.1) is 22.7 Å². The molecule has 0 aliphatic heterocycles. The van der Waals surface area contributed by atoms with Crippen molar-refractivity contribution in [3.63, 3.8) is 0 Å². The molecule has 0 spiro atoms. The van der Waals surface area contributed by atoms with Gasteiger partial charge in [0, 0.05) is 0 Å². The highest BCUT2D eigenvalue weighted by molar-refractivity contribution is 4.74. The zero-order valence-corrected chi connectivity index (χ0v) is 4.74. The van der Waals surface area contributed by atoms with Crippen LogP contribution in [0.4, 0.5) is 0 Å². The Morgan fingerprint density at radius 3 is 2.67 bits per heavy atom. The van der Waals surface area contributed by atoms with Gasteiger partial charge in [-0.3, -0.25) is 0 Å². The molecule has 48 valence electrons. The molecule has 0 aliphatic carbocycles. The van der Waals surface area contributed by atoms with E-state index in [-0.39, 0.29) is 13.0 Å². The van der Waals surface area contributed by atoms with Gasteiger partial charge in [0.2, 0.25) is 6.29 Å². The van der Waals surface area contributed by atoms with Crippen molar-refractivity contribution in [2.75, 3.05) is 6.61 Å². The first-order valence-electron chi connectivity index (χ1n) is 2.37. The lowest BCUT2D eigenvalue weighted by Gasteiger charge is -1.98. The van der Waals surface area contributed by atoms with Gasteiger partial charge in [-0.15, -0.1) is 0 Å². The van der Waals surface area contributed by atoms with E-state index >= 15 is 0 Å². The van der Waals surface area contributed by atoms with E-state index in [0.717, 1.165) is 0 Å². The molecule has 1 atom stereocenters. The molecule has 0 aliphatic rings. The van der Waals surface area contributed by atoms with Crippen molar-refractivity contribution < 1.29 is 9.84 Å².